The van der Waals surface area contributed by atoms with Gasteiger partial charge in [-0.2, -0.15) is 0 Å². The molecule has 0 atom stereocenters. The van der Waals surface area contributed by atoms with E-state index >= 15 is 0 Å². The average molecular weight is 321 g/mol. The van der Waals surface area contributed by atoms with Crippen LogP contribution in [0.5, 0.6) is 0 Å². The third kappa shape index (κ3) is 1.80. The van der Waals surface area contributed by atoms with Gasteiger partial charge in [0.15, 0.2) is 0 Å². The van der Waals surface area contributed by atoms with Gasteiger partial charge >= 0.3 is 0 Å². The van der Waals surface area contributed by atoms with E-state index in [1.165, 1.54) is 11.3 Å². The first-order valence-electron chi connectivity index (χ1n) is 6.51. The van der Waals surface area contributed by atoms with Crippen LogP contribution in [0.3, 0.4) is 0 Å². The maximum atomic E-state index is 5.68. The van der Waals surface area contributed by atoms with Gasteiger partial charge in [0, 0.05) is 13.5 Å². The number of fused-ring (bicyclic) bond motifs is 3. The Kier molecular flexibility index (Phi) is 3.11. The Labute approximate surface area is 120 Å². The summed E-state index contributed by atoms with van der Waals surface area (Å²) in [5, 5.41) is 0. The molecule has 2 aromatic heterocycles. The van der Waals surface area contributed by atoms with Crippen molar-refractivity contribution in [3.8, 4) is 0 Å². The topological polar surface area (TPSA) is 48.2 Å². The summed E-state index contributed by atoms with van der Waals surface area (Å²) in [5.74, 6) is 0.957. The number of benzene rings is 1. The molecule has 4 nitrogen and oxygen atoms in total. The smallest absolute Gasteiger partial charge is 0.215 e. The molecule has 100 valence electrons. The first kappa shape index (κ1) is 12.7. The summed E-state index contributed by atoms with van der Waals surface area (Å²) in [6, 6.07) is 6.47. The van der Waals surface area contributed by atoms with Gasteiger partial charge in [-0.3, -0.25) is 4.40 Å². The number of halogens is 1. The van der Waals surface area contributed by atoms with Gasteiger partial charge in [-0.1, -0.05) is 13.0 Å². The summed E-state index contributed by atoms with van der Waals surface area (Å²) >= 11 is 3.69. The Balaban J connectivity index is 2.34. The minimum absolute atomic E-state index is 0.636. The highest BCUT2D eigenvalue weighted by Gasteiger charge is 2.17. The molecule has 5 heteroatoms. The molecule has 3 rings (SSSR count). The van der Waals surface area contributed by atoms with Gasteiger partial charge in [0.05, 0.1) is 16.7 Å². The molecule has 0 bridgehead atoms. The number of nitrogens with two attached hydrogens (primary N) is 1. The molecular weight excluding hydrogens is 304 g/mol. The molecule has 0 fully saturated rings. The second-order valence-corrected chi connectivity index (χ2v) is 5.51. The number of rotatable bonds is 3. The molecule has 0 aliphatic heterocycles. The Morgan fingerprint density at radius 1 is 1.37 bits per heavy atom. The maximum Gasteiger partial charge on any atom is 0.215 e. The van der Waals surface area contributed by atoms with Crippen molar-refractivity contribution in [1.29, 1.82) is 0 Å². The number of hydrogen-bond acceptors (Lipinski definition) is 2. The Bertz CT molecular complexity index is 754. The molecule has 2 heterocycles. The van der Waals surface area contributed by atoms with Gasteiger partial charge < -0.3 is 10.3 Å². The molecule has 0 saturated heterocycles. The normalized spacial score (nSPS) is 11.8. The first-order valence-corrected chi connectivity index (χ1v) is 7.30. The van der Waals surface area contributed by atoms with E-state index in [4.69, 9.17) is 10.7 Å². The molecule has 0 saturated carbocycles. The van der Waals surface area contributed by atoms with Gasteiger partial charge in [0.2, 0.25) is 5.78 Å². The van der Waals surface area contributed by atoms with Crippen LogP contribution in [0.1, 0.15) is 18.2 Å². The van der Waals surface area contributed by atoms with E-state index in [0.717, 1.165) is 34.3 Å². The standard InChI is InChI=1S/C14H17BrN4/c1-3-9-4-5-11-10(8-9)17-14-18(2)12(6-7-16)13(15)19(11)14/h4-5,8H,3,6-7,16H2,1-2H3. The fourth-order valence-electron chi connectivity index (χ4n) is 2.55. The van der Waals surface area contributed by atoms with E-state index in [0.29, 0.717) is 6.54 Å². The van der Waals surface area contributed by atoms with Gasteiger partial charge in [-0.05, 0) is 46.6 Å². The zero-order valence-corrected chi connectivity index (χ0v) is 12.7. The highest BCUT2D eigenvalue weighted by Crippen LogP contribution is 2.27. The second kappa shape index (κ2) is 4.65. The fourth-order valence-corrected chi connectivity index (χ4v) is 3.36. The van der Waals surface area contributed by atoms with E-state index in [1.54, 1.807) is 0 Å². The van der Waals surface area contributed by atoms with Crippen LogP contribution in [0.15, 0.2) is 22.8 Å². The molecule has 0 aliphatic carbocycles. The SMILES string of the molecule is CCc1ccc2c(c1)nc1n(C)c(CCN)c(Br)n21. The molecule has 0 spiro atoms. The summed E-state index contributed by atoms with van der Waals surface area (Å²) < 4.78 is 5.32. The monoisotopic (exact) mass is 320 g/mol. The maximum absolute atomic E-state index is 5.68. The number of nitrogens with zero attached hydrogens (tertiary/aromatic N) is 3. The Morgan fingerprint density at radius 2 is 2.16 bits per heavy atom. The van der Waals surface area contributed by atoms with Crippen LogP contribution in [-0.4, -0.2) is 20.5 Å². The summed E-state index contributed by atoms with van der Waals surface area (Å²) in [5.41, 5.74) is 10.4. The van der Waals surface area contributed by atoms with Crippen molar-refractivity contribution in [3.05, 3.63) is 34.1 Å². The van der Waals surface area contributed by atoms with Crippen molar-refractivity contribution in [3.63, 3.8) is 0 Å². The van der Waals surface area contributed by atoms with E-state index in [1.807, 2.05) is 7.05 Å². The van der Waals surface area contributed by atoms with Crippen LogP contribution in [0.25, 0.3) is 16.8 Å². The zero-order valence-electron chi connectivity index (χ0n) is 11.2. The lowest BCUT2D eigenvalue weighted by atomic mass is 10.1. The summed E-state index contributed by atoms with van der Waals surface area (Å²) in [6.07, 6.45) is 1.87. The third-order valence-electron chi connectivity index (χ3n) is 3.63. The molecule has 0 amide bonds. The molecule has 0 unspecified atom stereocenters. The lowest BCUT2D eigenvalue weighted by molar-refractivity contribution is 0.816. The number of imidazole rings is 2. The summed E-state index contributed by atoms with van der Waals surface area (Å²) in [7, 11) is 2.04. The van der Waals surface area contributed by atoms with Gasteiger partial charge in [-0.15, -0.1) is 0 Å². The van der Waals surface area contributed by atoms with Gasteiger partial charge in [0.25, 0.3) is 0 Å². The predicted molar refractivity (Wildman–Crippen MR) is 81.5 cm³/mol. The zero-order chi connectivity index (χ0) is 13.6. The van der Waals surface area contributed by atoms with E-state index in [2.05, 4.69) is 50.0 Å². The van der Waals surface area contributed by atoms with E-state index < -0.39 is 0 Å². The predicted octanol–water partition coefficient (Wildman–Crippen LogP) is 2.65. The van der Waals surface area contributed by atoms with Crippen molar-refractivity contribution >= 4 is 32.7 Å². The molecular formula is C14H17BrN4. The number of hydrogen-bond donors (Lipinski definition) is 1. The highest BCUT2D eigenvalue weighted by atomic mass is 79.9. The molecule has 2 N–H and O–H groups in total. The van der Waals surface area contributed by atoms with Gasteiger partial charge in [0.1, 0.15) is 4.60 Å². The van der Waals surface area contributed by atoms with Crippen LogP contribution in [-0.2, 0) is 19.9 Å². The summed E-state index contributed by atoms with van der Waals surface area (Å²) in [4.78, 5) is 4.74. The van der Waals surface area contributed by atoms with Crippen molar-refractivity contribution < 1.29 is 0 Å². The van der Waals surface area contributed by atoms with Crippen LogP contribution < -0.4 is 5.73 Å². The lowest BCUT2D eigenvalue weighted by Crippen LogP contribution is -2.07. The third-order valence-corrected chi connectivity index (χ3v) is 4.44. The van der Waals surface area contributed by atoms with Crippen LogP contribution in [0.4, 0.5) is 0 Å². The Hall–Kier alpha value is -1.33. The van der Waals surface area contributed by atoms with Crippen molar-refractivity contribution in [2.24, 2.45) is 12.8 Å². The lowest BCUT2D eigenvalue weighted by Gasteiger charge is -2.01. The van der Waals surface area contributed by atoms with E-state index in [9.17, 15) is 0 Å². The van der Waals surface area contributed by atoms with Crippen molar-refractivity contribution in [1.82, 2.24) is 14.0 Å². The minimum atomic E-state index is 0.636. The number of aryl methyl sites for hydroxylation is 2. The molecule has 0 radical (unpaired) electrons. The fraction of sp³-hybridized carbons (Fsp3) is 0.357. The summed E-state index contributed by atoms with van der Waals surface area (Å²) in [6.45, 7) is 2.80. The largest absolute Gasteiger partial charge is 0.330 e. The first-order chi connectivity index (χ1) is 9.17. The van der Waals surface area contributed by atoms with Crippen molar-refractivity contribution in [2.75, 3.05) is 6.54 Å². The second-order valence-electron chi connectivity index (χ2n) is 4.76. The van der Waals surface area contributed by atoms with Crippen LogP contribution in [0.2, 0.25) is 0 Å². The van der Waals surface area contributed by atoms with Crippen LogP contribution in [0, 0.1) is 0 Å². The highest BCUT2D eigenvalue weighted by molar-refractivity contribution is 9.10. The minimum Gasteiger partial charge on any atom is -0.330 e. The quantitative estimate of drug-likeness (QED) is 0.806. The van der Waals surface area contributed by atoms with Crippen molar-refractivity contribution in [2.45, 2.75) is 19.8 Å². The average Bonchev–Trinajstić information content (AvgIpc) is 2.90. The molecule has 1 aromatic carbocycles. The molecule has 0 aliphatic rings. The molecule has 3 aromatic rings. The number of aromatic nitrogens is 3. The molecule has 19 heavy (non-hydrogen) atoms. The van der Waals surface area contributed by atoms with Crippen LogP contribution >= 0.6 is 15.9 Å². The van der Waals surface area contributed by atoms with E-state index in [-0.39, 0.29) is 0 Å². The Morgan fingerprint density at radius 3 is 2.84 bits per heavy atom. The van der Waals surface area contributed by atoms with Gasteiger partial charge in [-0.25, -0.2) is 4.98 Å².